The van der Waals surface area contributed by atoms with Crippen molar-refractivity contribution >= 4 is 27.3 Å². The number of sulfonamides is 1. The predicted molar refractivity (Wildman–Crippen MR) is 168 cm³/mol. The molecule has 2 aromatic carbocycles. The van der Waals surface area contributed by atoms with Gasteiger partial charge in [0.2, 0.25) is 0 Å². The highest BCUT2D eigenvalue weighted by Crippen LogP contribution is 2.27. The number of aliphatic hydroxyl groups is 1. The van der Waals surface area contributed by atoms with Gasteiger partial charge in [0.05, 0.1) is 17.2 Å². The van der Waals surface area contributed by atoms with Crippen molar-refractivity contribution in [3.63, 3.8) is 0 Å². The lowest BCUT2D eigenvalue weighted by molar-refractivity contribution is -0.387. The van der Waals surface area contributed by atoms with Crippen LogP contribution in [0.3, 0.4) is 0 Å². The number of nitrogens with one attached hydrogen (secondary N) is 2. The van der Waals surface area contributed by atoms with E-state index in [1.165, 1.54) is 94.5 Å². The number of carbonyl (C=O) groups is 1. The Balaban J connectivity index is 1.70. The Bertz CT molecular complexity index is 1250. The monoisotopic (exact) mass is 601 g/mol. The standard InChI is InChI=1S/C32H47N3O6S/c1-2-3-4-5-6-7-8-9-10-11-12-13-14-15-16-19-24-33-32(37)27-22-23-28(26-36)29(25-27)34-42(40,41)31-21-18-17-20-30(31)35(38)39/h9-10,17-18,20-23,25,34,36H,2-8,11-16,19,24,26H2,1H3,(H,33,37)/b10-9-. The minimum Gasteiger partial charge on any atom is -0.392 e. The van der Waals surface area contributed by atoms with E-state index in [0.717, 1.165) is 37.8 Å². The number of hydrogen-bond donors (Lipinski definition) is 3. The van der Waals surface area contributed by atoms with Crippen molar-refractivity contribution in [3.05, 3.63) is 75.9 Å². The summed E-state index contributed by atoms with van der Waals surface area (Å²) in [6.07, 6.45) is 21.5. The SMILES string of the molecule is CCCCCCCC/C=C\CCCCCCCCNC(=O)c1ccc(CO)c(NS(=O)(=O)c2ccccc2[N+](=O)[O-])c1. The summed E-state index contributed by atoms with van der Waals surface area (Å²) in [6, 6.07) is 9.27. The largest absolute Gasteiger partial charge is 0.392 e. The molecule has 0 aliphatic heterocycles. The van der Waals surface area contributed by atoms with E-state index in [1.807, 2.05) is 0 Å². The summed E-state index contributed by atoms with van der Waals surface area (Å²) in [6.45, 7) is 2.26. The Morgan fingerprint density at radius 3 is 2.10 bits per heavy atom. The van der Waals surface area contributed by atoms with Crippen LogP contribution < -0.4 is 10.0 Å². The smallest absolute Gasteiger partial charge is 0.289 e. The van der Waals surface area contributed by atoms with Gasteiger partial charge >= 0.3 is 0 Å². The second kappa shape index (κ2) is 19.8. The number of hydrogen-bond acceptors (Lipinski definition) is 6. The van der Waals surface area contributed by atoms with Gasteiger partial charge in [-0.2, -0.15) is 0 Å². The van der Waals surface area contributed by atoms with Crippen LogP contribution >= 0.6 is 0 Å². The van der Waals surface area contributed by atoms with Gasteiger partial charge in [-0.05, 0) is 50.3 Å². The summed E-state index contributed by atoms with van der Waals surface area (Å²) >= 11 is 0. The second-order valence-corrected chi connectivity index (χ2v) is 12.2. The lowest BCUT2D eigenvalue weighted by Gasteiger charge is -2.13. The van der Waals surface area contributed by atoms with Crippen molar-refractivity contribution in [2.75, 3.05) is 11.3 Å². The number of nitro benzene ring substituents is 1. The van der Waals surface area contributed by atoms with Crippen LogP contribution in [-0.4, -0.2) is 30.9 Å². The summed E-state index contributed by atoms with van der Waals surface area (Å²) in [5, 5.41) is 23.8. The third kappa shape index (κ3) is 12.7. The van der Waals surface area contributed by atoms with E-state index < -0.39 is 32.1 Å². The van der Waals surface area contributed by atoms with Crippen LogP contribution in [0.25, 0.3) is 0 Å². The molecular formula is C32H47N3O6S. The van der Waals surface area contributed by atoms with Crippen molar-refractivity contribution in [2.24, 2.45) is 0 Å². The molecule has 0 spiro atoms. The molecule has 42 heavy (non-hydrogen) atoms. The van der Waals surface area contributed by atoms with E-state index in [4.69, 9.17) is 0 Å². The van der Waals surface area contributed by atoms with Gasteiger partial charge in [-0.1, -0.05) is 95.1 Å². The third-order valence-corrected chi connectivity index (χ3v) is 8.53. The van der Waals surface area contributed by atoms with Crippen LogP contribution in [0.5, 0.6) is 0 Å². The lowest BCUT2D eigenvalue weighted by atomic mass is 10.1. The molecule has 0 saturated carbocycles. The average Bonchev–Trinajstić information content (AvgIpc) is 2.98. The lowest BCUT2D eigenvalue weighted by Crippen LogP contribution is -2.25. The van der Waals surface area contributed by atoms with Crippen LogP contribution in [0.4, 0.5) is 11.4 Å². The zero-order valence-corrected chi connectivity index (χ0v) is 25.7. The number of anilines is 1. The molecule has 232 valence electrons. The molecule has 2 aromatic rings. The van der Waals surface area contributed by atoms with E-state index >= 15 is 0 Å². The first-order valence-electron chi connectivity index (χ1n) is 15.2. The number of allylic oxidation sites excluding steroid dienone is 2. The molecule has 10 heteroatoms. The Morgan fingerprint density at radius 1 is 0.881 bits per heavy atom. The first kappa shape index (κ1) is 35.0. The van der Waals surface area contributed by atoms with Crippen LogP contribution in [0, 0.1) is 10.1 Å². The zero-order chi connectivity index (χ0) is 30.6. The van der Waals surface area contributed by atoms with Crippen LogP contribution in [0.2, 0.25) is 0 Å². The molecule has 9 nitrogen and oxygen atoms in total. The predicted octanol–water partition coefficient (Wildman–Crippen LogP) is 7.66. The maximum atomic E-state index is 12.9. The Kier molecular flexibility index (Phi) is 16.5. The molecule has 0 bridgehead atoms. The third-order valence-electron chi connectivity index (χ3n) is 7.11. The maximum Gasteiger partial charge on any atom is 0.289 e. The van der Waals surface area contributed by atoms with Crippen molar-refractivity contribution in [2.45, 2.75) is 108 Å². The molecule has 0 atom stereocenters. The zero-order valence-electron chi connectivity index (χ0n) is 24.9. The summed E-state index contributed by atoms with van der Waals surface area (Å²) < 4.78 is 28.1. The van der Waals surface area contributed by atoms with E-state index in [2.05, 4.69) is 29.1 Å². The molecule has 1 amide bonds. The fourth-order valence-corrected chi connectivity index (χ4v) is 5.93. The number of unbranched alkanes of at least 4 members (excludes halogenated alkanes) is 12. The summed E-state index contributed by atoms with van der Waals surface area (Å²) in [4.78, 5) is 22.7. The first-order chi connectivity index (χ1) is 20.3. The van der Waals surface area contributed by atoms with Gasteiger partial charge in [0, 0.05) is 23.7 Å². The van der Waals surface area contributed by atoms with Gasteiger partial charge in [-0.25, -0.2) is 8.42 Å². The molecule has 0 aliphatic carbocycles. The highest BCUT2D eigenvalue weighted by Gasteiger charge is 2.26. The summed E-state index contributed by atoms with van der Waals surface area (Å²) in [5.74, 6) is -0.363. The van der Waals surface area contributed by atoms with Gasteiger partial charge in [0.15, 0.2) is 4.90 Å². The first-order valence-corrected chi connectivity index (χ1v) is 16.7. The Hall–Kier alpha value is -3.24. The molecule has 2 rings (SSSR count). The second-order valence-electron chi connectivity index (χ2n) is 10.6. The molecule has 0 aliphatic rings. The average molecular weight is 602 g/mol. The van der Waals surface area contributed by atoms with Gasteiger partial charge in [0.25, 0.3) is 21.6 Å². The van der Waals surface area contributed by atoms with Crippen molar-refractivity contribution < 1.29 is 23.2 Å². The van der Waals surface area contributed by atoms with Crippen molar-refractivity contribution in [1.29, 1.82) is 0 Å². The minimum absolute atomic E-state index is 0.0134. The number of carbonyl (C=O) groups excluding carboxylic acids is 1. The number of nitrogens with zero attached hydrogens (tertiary/aromatic N) is 1. The van der Waals surface area contributed by atoms with Crippen molar-refractivity contribution in [1.82, 2.24) is 5.32 Å². The quantitative estimate of drug-likeness (QED) is 0.0548. The van der Waals surface area contributed by atoms with Crippen molar-refractivity contribution in [3.8, 4) is 0 Å². The van der Waals surface area contributed by atoms with E-state index in [-0.39, 0.29) is 22.7 Å². The maximum absolute atomic E-state index is 12.9. The number of para-hydroxylation sites is 1. The molecule has 0 unspecified atom stereocenters. The number of amides is 1. The number of benzene rings is 2. The topological polar surface area (TPSA) is 139 Å². The van der Waals surface area contributed by atoms with Crippen LogP contribution in [-0.2, 0) is 16.6 Å². The molecular weight excluding hydrogens is 554 g/mol. The van der Waals surface area contributed by atoms with Crippen LogP contribution in [0.1, 0.15) is 113 Å². The van der Waals surface area contributed by atoms with E-state index in [0.29, 0.717) is 6.54 Å². The molecule has 3 N–H and O–H groups in total. The fraction of sp³-hybridized carbons (Fsp3) is 0.531. The number of nitro groups is 1. The molecule has 0 saturated heterocycles. The summed E-state index contributed by atoms with van der Waals surface area (Å²) in [5.41, 5.74) is -0.125. The molecule has 0 aromatic heterocycles. The fourth-order valence-electron chi connectivity index (χ4n) is 4.66. The Morgan fingerprint density at radius 2 is 1.48 bits per heavy atom. The normalized spacial score (nSPS) is 11.6. The molecule has 0 radical (unpaired) electrons. The number of aliphatic hydroxyl groups excluding tert-OH is 1. The van der Waals surface area contributed by atoms with E-state index in [1.54, 1.807) is 0 Å². The highest BCUT2D eigenvalue weighted by atomic mass is 32.2. The van der Waals surface area contributed by atoms with Gasteiger partial charge < -0.3 is 10.4 Å². The molecule has 0 fully saturated rings. The van der Waals surface area contributed by atoms with Gasteiger partial charge in [-0.3, -0.25) is 19.6 Å². The van der Waals surface area contributed by atoms with Gasteiger partial charge in [0.1, 0.15) is 0 Å². The van der Waals surface area contributed by atoms with E-state index in [9.17, 15) is 28.4 Å². The summed E-state index contributed by atoms with van der Waals surface area (Å²) in [7, 11) is -4.35. The Labute approximate surface area is 251 Å². The number of rotatable bonds is 22. The minimum atomic E-state index is -4.35. The molecule has 0 heterocycles. The van der Waals surface area contributed by atoms with Crippen LogP contribution in [0.15, 0.2) is 59.5 Å². The van der Waals surface area contributed by atoms with Gasteiger partial charge in [-0.15, -0.1) is 0 Å². The highest BCUT2D eigenvalue weighted by molar-refractivity contribution is 7.92.